The van der Waals surface area contributed by atoms with Gasteiger partial charge in [-0.3, -0.25) is 4.79 Å². The van der Waals surface area contributed by atoms with Gasteiger partial charge in [-0.25, -0.2) is 4.79 Å². The molecule has 0 fully saturated rings. The van der Waals surface area contributed by atoms with Gasteiger partial charge in [0.1, 0.15) is 23.7 Å². The minimum atomic E-state index is -1.09. The molecule has 0 radical (unpaired) electrons. The van der Waals surface area contributed by atoms with Gasteiger partial charge in [0.15, 0.2) is 0 Å². The summed E-state index contributed by atoms with van der Waals surface area (Å²) in [7, 11) is 1.67. The smallest absolute Gasteiger partial charge is 0.339 e. The average Bonchev–Trinajstić information content (AvgIpc) is 2.80. The van der Waals surface area contributed by atoms with Crippen molar-refractivity contribution >= 4 is 35.1 Å². The van der Waals surface area contributed by atoms with Crippen LogP contribution in [0.2, 0.25) is 10.0 Å². The van der Waals surface area contributed by atoms with Crippen LogP contribution in [-0.4, -0.2) is 48.7 Å². The molecule has 0 spiro atoms. The van der Waals surface area contributed by atoms with Gasteiger partial charge >= 0.3 is 5.97 Å². The van der Waals surface area contributed by atoms with Gasteiger partial charge in [-0.05, 0) is 48.0 Å². The normalized spacial score (nSPS) is 10.5. The number of amides is 1. The Hall–Kier alpha value is -3.22. The summed E-state index contributed by atoms with van der Waals surface area (Å²) >= 11 is 11.8. The second-order valence-corrected chi connectivity index (χ2v) is 8.15. The molecule has 172 valence electrons. The molecule has 6 nitrogen and oxygen atoms in total. The molecule has 0 heterocycles. The number of hydrogen-bond acceptors (Lipinski definition) is 4. The maximum absolute atomic E-state index is 12.5. The topological polar surface area (TPSA) is 76.1 Å². The zero-order valence-electron chi connectivity index (χ0n) is 18.0. The molecule has 0 bridgehead atoms. The van der Waals surface area contributed by atoms with Crippen LogP contribution in [-0.2, 0) is 6.42 Å². The summed E-state index contributed by atoms with van der Waals surface area (Å²) in [6.45, 7) is 0.848. The molecule has 0 aromatic heterocycles. The number of rotatable bonds is 10. The van der Waals surface area contributed by atoms with E-state index in [0.29, 0.717) is 40.9 Å². The Balaban J connectivity index is 1.57. The quantitative estimate of drug-likeness (QED) is 0.410. The first-order valence-corrected chi connectivity index (χ1v) is 11.0. The molecule has 0 aliphatic rings. The molecule has 3 aromatic carbocycles. The number of carbonyl (C=O) groups excluding carboxylic acids is 1. The molecule has 3 aromatic rings. The first-order valence-electron chi connectivity index (χ1n) is 10.2. The van der Waals surface area contributed by atoms with Gasteiger partial charge in [0, 0.05) is 35.1 Å². The van der Waals surface area contributed by atoms with Crippen molar-refractivity contribution in [2.24, 2.45) is 0 Å². The monoisotopic (exact) mass is 487 g/mol. The average molecular weight is 488 g/mol. The highest BCUT2D eigenvalue weighted by molar-refractivity contribution is 6.31. The largest absolute Gasteiger partial charge is 0.492 e. The first-order chi connectivity index (χ1) is 15.8. The van der Waals surface area contributed by atoms with E-state index in [9.17, 15) is 14.7 Å². The summed E-state index contributed by atoms with van der Waals surface area (Å²) in [4.78, 5) is 25.6. The van der Waals surface area contributed by atoms with Gasteiger partial charge < -0.3 is 19.5 Å². The first kappa shape index (κ1) is 24.4. The van der Waals surface area contributed by atoms with E-state index >= 15 is 0 Å². The molecular weight excluding hydrogens is 465 g/mol. The number of hydrogen-bond donors (Lipinski definition) is 1. The third-order valence-corrected chi connectivity index (χ3v) is 5.35. The molecule has 0 unspecified atom stereocenters. The van der Waals surface area contributed by atoms with Crippen molar-refractivity contribution < 1.29 is 24.2 Å². The standard InChI is InChI=1S/C25H23Cl2NO5/c1-28(24(29)18-3-2-4-20(27)15-18)12-14-32-21-9-10-22(25(30)31)23(16-21)33-13-11-17-5-7-19(26)8-6-17/h2-10,15-16H,11-14H2,1H3,(H,30,31). The minimum Gasteiger partial charge on any atom is -0.492 e. The Morgan fingerprint density at radius 1 is 0.909 bits per heavy atom. The van der Waals surface area contributed by atoms with Crippen molar-refractivity contribution in [2.45, 2.75) is 6.42 Å². The van der Waals surface area contributed by atoms with Crippen LogP contribution < -0.4 is 9.47 Å². The summed E-state index contributed by atoms with van der Waals surface area (Å²) in [5.74, 6) is -0.592. The Kier molecular flexibility index (Phi) is 8.58. The van der Waals surface area contributed by atoms with E-state index in [1.807, 2.05) is 12.1 Å². The second kappa shape index (κ2) is 11.6. The predicted molar refractivity (Wildman–Crippen MR) is 128 cm³/mol. The highest BCUT2D eigenvalue weighted by atomic mass is 35.5. The summed E-state index contributed by atoms with van der Waals surface area (Å²) in [5.41, 5.74) is 1.56. The van der Waals surface area contributed by atoms with Crippen molar-refractivity contribution in [3.05, 3.63) is 93.5 Å². The van der Waals surface area contributed by atoms with E-state index in [4.69, 9.17) is 32.7 Å². The lowest BCUT2D eigenvalue weighted by atomic mass is 10.1. The highest BCUT2D eigenvalue weighted by Crippen LogP contribution is 2.25. The van der Waals surface area contributed by atoms with Crippen LogP contribution in [0.25, 0.3) is 0 Å². The molecule has 0 saturated carbocycles. The lowest BCUT2D eigenvalue weighted by Gasteiger charge is -2.18. The Labute approximate surface area is 202 Å². The van der Waals surface area contributed by atoms with E-state index in [1.165, 1.54) is 11.0 Å². The zero-order valence-corrected chi connectivity index (χ0v) is 19.5. The number of ether oxygens (including phenoxy) is 2. The maximum atomic E-state index is 12.5. The molecule has 33 heavy (non-hydrogen) atoms. The van der Waals surface area contributed by atoms with Crippen LogP contribution >= 0.6 is 23.2 Å². The van der Waals surface area contributed by atoms with Crippen LogP contribution in [0.1, 0.15) is 26.3 Å². The number of benzene rings is 3. The van der Waals surface area contributed by atoms with Crippen LogP contribution in [0.3, 0.4) is 0 Å². The van der Waals surface area contributed by atoms with E-state index in [-0.39, 0.29) is 23.8 Å². The predicted octanol–water partition coefficient (Wildman–Crippen LogP) is 5.46. The van der Waals surface area contributed by atoms with Crippen molar-refractivity contribution in [3.63, 3.8) is 0 Å². The van der Waals surface area contributed by atoms with E-state index in [2.05, 4.69) is 0 Å². The summed E-state index contributed by atoms with van der Waals surface area (Å²) in [6, 6.07) is 18.7. The Bertz CT molecular complexity index is 1120. The molecule has 1 amide bonds. The molecule has 8 heteroatoms. The fraction of sp³-hybridized carbons (Fsp3) is 0.200. The molecule has 0 saturated heterocycles. The minimum absolute atomic E-state index is 0.0479. The zero-order chi connectivity index (χ0) is 23.8. The van der Waals surface area contributed by atoms with Crippen LogP contribution in [0.5, 0.6) is 11.5 Å². The van der Waals surface area contributed by atoms with Gasteiger partial charge in [-0.2, -0.15) is 0 Å². The molecular formula is C25H23Cl2NO5. The number of likely N-dealkylation sites (N-methyl/N-ethyl adjacent to an activating group) is 1. The van der Waals surface area contributed by atoms with Crippen LogP contribution in [0.15, 0.2) is 66.7 Å². The van der Waals surface area contributed by atoms with Crippen molar-refractivity contribution in [3.8, 4) is 11.5 Å². The van der Waals surface area contributed by atoms with Crippen molar-refractivity contribution in [1.82, 2.24) is 4.90 Å². The number of nitrogens with zero attached hydrogens (tertiary/aromatic N) is 1. The van der Waals surface area contributed by atoms with E-state index < -0.39 is 5.97 Å². The van der Waals surface area contributed by atoms with Crippen molar-refractivity contribution in [2.75, 3.05) is 26.8 Å². The molecule has 0 aliphatic heterocycles. The fourth-order valence-electron chi connectivity index (χ4n) is 3.06. The van der Waals surface area contributed by atoms with Gasteiger partial charge in [-0.1, -0.05) is 41.4 Å². The van der Waals surface area contributed by atoms with Crippen molar-refractivity contribution in [1.29, 1.82) is 0 Å². The Morgan fingerprint density at radius 2 is 1.67 bits per heavy atom. The summed E-state index contributed by atoms with van der Waals surface area (Å²) in [6.07, 6.45) is 0.595. The number of aromatic carboxylic acids is 1. The summed E-state index contributed by atoms with van der Waals surface area (Å²) < 4.78 is 11.5. The van der Waals surface area contributed by atoms with E-state index in [0.717, 1.165) is 5.56 Å². The highest BCUT2D eigenvalue weighted by Gasteiger charge is 2.14. The fourth-order valence-corrected chi connectivity index (χ4v) is 3.38. The maximum Gasteiger partial charge on any atom is 0.339 e. The molecule has 3 rings (SSSR count). The number of carboxylic acid groups (broad SMARTS) is 1. The lowest BCUT2D eigenvalue weighted by molar-refractivity contribution is 0.0690. The number of halogens is 2. The Morgan fingerprint density at radius 3 is 2.36 bits per heavy atom. The van der Waals surface area contributed by atoms with Gasteiger partial charge in [-0.15, -0.1) is 0 Å². The van der Waals surface area contributed by atoms with Crippen LogP contribution in [0.4, 0.5) is 0 Å². The van der Waals surface area contributed by atoms with Crippen LogP contribution in [0, 0.1) is 0 Å². The molecule has 0 aliphatic carbocycles. The third kappa shape index (κ3) is 7.14. The summed E-state index contributed by atoms with van der Waals surface area (Å²) in [5, 5.41) is 10.6. The molecule has 1 N–H and O–H groups in total. The second-order valence-electron chi connectivity index (χ2n) is 7.27. The van der Waals surface area contributed by atoms with E-state index in [1.54, 1.807) is 55.6 Å². The SMILES string of the molecule is CN(CCOc1ccc(C(=O)O)c(OCCc2ccc(Cl)cc2)c1)C(=O)c1cccc(Cl)c1. The number of carbonyl (C=O) groups is 2. The molecule has 0 atom stereocenters. The van der Waals surface area contributed by atoms with Gasteiger partial charge in [0.2, 0.25) is 0 Å². The van der Waals surface area contributed by atoms with Gasteiger partial charge in [0.05, 0.1) is 13.2 Å². The lowest BCUT2D eigenvalue weighted by Crippen LogP contribution is -2.30. The number of carboxylic acids is 1. The third-order valence-electron chi connectivity index (χ3n) is 4.86. The van der Waals surface area contributed by atoms with Gasteiger partial charge in [0.25, 0.3) is 5.91 Å².